The van der Waals surface area contributed by atoms with E-state index in [4.69, 9.17) is 10.2 Å². The van der Waals surface area contributed by atoms with Gasteiger partial charge in [0, 0.05) is 32.3 Å². The van der Waals surface area contributed by atoms with Crippen molar-refractivity contribution in [3.05, 3.63) is 0 Å². The predicted molar refractivity (Wildman–Crippen MR) is 82.0 cm³/mol. The summed E-state index contributed by atoms with van der Waals surface area (Å²) in [5, 5.41) is 16.5. The SMILES string of the molecule is CCCCCCC(=O)O.CCCCCCCCC(=O)O.[Zn]. The maximum absolute atomic E-state index is 10.1. The van der Waals surface area contributed by atoms with Crippen LogP contribution >= 0.6 is 0 Å². The molecule has 0 atom stereocenters. The molecule has 0 unspecified atom stereocenters. The van der Waals surface area contributed by atoms with Crippen molar-refractivity contribution in [2.45, 2.75) is 90.9 Å². The summed E-state index contributed by atoms with van der Waals surface area (Å²) >= 11 is 0. The van der Waals surface area contributed by atoms with E-state index in [0.29, 0.717) is 12.8 Å². The van der Waals surface area contributed by atoms with Gasteiger partial charge >= 0.3 is 11.9 Å². The van der Waals surface area contributed by atoms with E-state index < -0.39 is 11.9 Å². The topological polar surface area (TPSA) is 74.6 Å². The fourth-order valence-electron chi connectivity index (χ4n) is 1.76. The van der Waals surface area contributed by atoms with Crippen molar-refractivity contribution in [2.75, 3.05) is 0 Å². The third-order valence-corrected chi connectivity index (χ3v) is 2.99. The fraction of sp³-hybridized carbons (Fsp3) is 0.875. The van der Waals surface area contributed by atoms with Crippen LogP contribution in [0.25, 0.3) is 0 Å². The Bertz CT molecular complexity index is 232. The van der Waals surface area contributed by atoms with Gasteiger partial charge in [0.2, 0.25) is 0 Å². The summed E-state index contributed by atoms with van der Waals surface area (Å²) < 4.78 is 0. The number of carbonyl (C=O) groups is 2. The first-order valence-electron chi connectivity index (χ1n) is 7.98. The molecule has 0 fully saturated rings. The molecular formula is C16H32O4Zn. The molecular weight excluding hydrogens is 322 g/mol. The molecule has 0 rings (SSSR count). The van der Waals surface area contributed by atoms with Gasteiger partial charge in [0.05, 0.1) is 0 Å². The molecule has 4 nitrogen and oxygen atoms in total. The van der Waals surface area contributed by atoms with Crippen LogP contribution in [0, 0.1) is 0 Å². The van der Waals surface area contributed by atoms with Crippen molar-refractivity contribution >= 4 is 11.9 Å². The quantitative estimate of drug-likeness (QED) is 0.388. The Morgan fingerprint density at radius 3 is 1.24 bits per heavy atom. The summed E-state index contributed by atoms with van der Waals surface area (Å²) in [7, 11) is 0. The van der Waals surface area contributed by atoms with Crippen LogP contribution in [-0.4, -0.2) is 22.2 Å². The number of carboxylic acids is 2. The zero-order valence-electron chi connectivity index (χ0n) is 13.9. The van der Waals surface area contributed by atoms with E-state index in [0.717, 1.165) is 32.1 Å². The molecule has 21 heavy (non-hydrogen) atoms. The van der Waals surface area contributed by atoms with Gasteiger partial charge in [0.25, 0.3) is 0 Å². The molecule has 0 aliphatic carbocycles. The molecule has 0 radical (unpaired) electrons. The Morgan fingerprint density at radius 1 is 0.619 bits per heavy atom. The molecule has 0 heterocycles. The second-order valence-electron chi connectivity index (χ2n) is 5.12. The van der Waals surface area contributed by atoms with Gasteiger partial charge in [-0.25, -0.2) is 0 Å². The fourth-order valence-corrected chi connectivity index (χ4v) is 1.76. The summed E-state index contributed by atoms with van der Waals surface area (Å²) in [4.78, 5) is 20.1. The zero-order chi connectivity index (χ0) is 15.6. The van der Waals surface area contributed by atoms with E-state index >= 15 is 0 Å². The molecule has 0 bridgehead atoms. The molecule has 0 aromatic carbocycles. The zero-order valence-corrected chi connectivity index (χ0v) is 16.9. The maximum atomic E-state index is 10.1. The van der Waals surface area contributed by atoms with Crippen molar-refractivity contribution in [3.63, 3.8) is 0 Å². The van der Waals surface area contributed by atoms with Crippen LogP contribution < -0.4 is 0 Å². The van der Waals surface area contributed by atoms with E-state index in [1.54, 1.807) is 0 Å². The van der Waals surface area contributed by atoms with Gasteiger partial charge < -0.3 is 10.2 Å². The van der Waals surface area contributed by atoms with E-state index in [1.165, 1.54) is 32.1 Å². The van der Waals surface area contributed by atoms with Crippen LogP contribution in [0.15, 0.2) is 0 Å². The van der Waals surface area contributed by atoms with E-state index in [2.05, 4.69) is 13.8 Å². The smallest absolute Gasteiger partial charge is 0.303 e. The molecule has 0 aliphatic rings. The van der Waals surface area contributed by atoms with Gasteiger partial charge in [-0.2, -0.15) is 0 Å². The third kappa shape index (κ3) is 32.8. The van der Waals surface area contributed by atoms with Gasteiger partial charge in [-0.15, -0.1) is 0 Å². The minimum Gasteiger partial charge on any atom is -0.481 e. The number of unbranched alkanes of at least 4 members (excludes halogenated alkanes) is 8. The van der Waals surface area contributed by atoms with Crippen molar-refractivity contribution in [1.29, 1.82) is 0 Å². The second kappa shape index (κ2) is 21.9. The Morgan fingerprint density at radius 2 is 0.905 bits per heavy atom. The van der Waals surface area contributed by atoms with Crippen LogP contribution in [0.4, 0.5) is 0 Å². The van der Waals surface area contributed by atoms with E-state index in [1.807, 2.05) is 0 Å². The molecule has 2 N–H and O–H groups in total. The van der Waals surface area contributed by atoms with E-state index in [9.17, 15) is 9.59 Å². The molecule has 122 valence electrons. The summed E-state index contributed by atoms with van der Waals surface area (Å²) in [6.07, 6.45) is 11.8. The summed E-state index contributed by atoms with van der Waals surface area (Å²) in [5.74, 6) is -1.34. The minimum atomic E-state index is -0.675. The van der Waals surface area contributed by atoms with Crippen LogP contribution in [0.3, 0.4) is 0 Å². The summed E-state index contributed by atoms with van der Waals surface area (Å²) in [6, 6.07) is 0. The van der Waals surface area contributed by atoms with Gasteiger partial charge in [0.15, 0.2) is 0 Å². The standard InChI is InChI=1S/C9H18O2.C7H14O2.Zn/c1-2-3-4-5-6-7-8-9(10)11;1-2-3-4-5-6-7(8)9;/h2-8H2,1H3,(H,10,11);2-6H2,1H3,(H,8,9);. The van der Waals surface area contributed by atoms with Crippen molar-refractivity contribution < 1.29 is 39.3 Å². The molecule has 0 saturated carbocycles. The van der Waals surface area contributed by atoms with Crippen LogP contribution in [0.1, 0.15) is 90.9 Å². The number of aliphatic carboxylic acids is 2. The average molecular weight is 354 g/mol. The number of carboxylic acid groups (broad SMARTS) is 2. The van der Waals surface area contributed by atoms with Gasteiger partial charge in [-0.1, -0.05) is 65.2 Å². The molecule has 0 aromatic rings. The third-order valence-electron chi connectivity index (χ3n) is 2.99. The predicted octanol–water partition coefficient (Wildman–Crippen LogP) is 4.86. The Hall–Kier alpha value is -0.437. The summed E-state index contributed by atoms with van der Waals surface area (Å²) in [5.41, 5.74) is 0. The maximum Gasteiger partial charge on any atom is 0.303 e. The van der Waals surface area contributed by atoms with E-state index in [-0.39, 0.29) is 19.5 Å². The van der Waals surface area contributed by atoms with Gasteiger partial charge in [-0.05, 0) is 12.8 Å². The minimum absolute atomic E-state index is 0. The largest absolute Gasteiger partial charge is 0.481 e. The van der Waals surface area contributed by atoms with Crippen molar-refractivity contribution in [3.8, 4) is 0 Å². The van der Waals surface area contributed by atoms with Gasteiger partial charge in [0.1, 0.15) is 0 Å². The second-order valence-corrected chi connectivity index (χ2v) is 5.12. The van der Waals surface area contributed by atoms with Crippen LogP contribution in [0.5, 0.6) is 0 Å². The first-order valence-corrected chi connectivity index (χ1v) is 7.98. The average Bonchev–Trinajstić information content (AvgIpc) is 2.39. The normalized spacial score (nSPS) is 9.24. The first-order chi connectivity index (χ1) is 9.54. The molecule has 0 amide bonds. The van der Waals surface area contributed by atoms with Crippen molar-refractivity contribution in [1.82, 2.24) is 0 Å². The molecule has 5 heteroatoms. The Balaban J connectivity index is -0.000000300. The number of hydrogen-bond donors (Lipinski definition) is 2. The number of hydrogen-bond acceptors (Lipinski definition) is 2. The molecule has 0 saturated heterocycles. The number of rotatable bonds is 12. The first kappa shape index (κ1) is 25.5. The molecule has 0 aromatic heterocycles. The summed E-state index contributed by atoms with van der Waals surface area (Å²) in [6.45, 7) is 4.29. The van der Waals surface area contributed by atoms with Gasteiger partial charge in [-0.3, -0.25) is 9.59 Å². The monoisotopic (exact) mass is 352 g/mol. The Labute approximate surface area is 142 Å². The Kier molecular flexibility index (Phi) is 26.6. The van der Waals surface area contributed by atoms with Crippen LogP contribution in [0.2, 0.25) is 0 Å². The van der Waals surface area contributed by atoms with Crippen LogP contribution in [-0.2, 0) is 29.1 Å². The molecule has 0 aliphatic heterocycles. The van der Waals surface area contributed by atoms with Crippen molar-refractivity contribution in [2.24, 2.45) is 0 Å². The molecule has 0 spiro atoms.